The number of benzene rings is 3. The van der Waals surface area contributed by atoms with E-state index >= 15 is 0 Å². The Morgan fingerprint density at radius 1 is 0.917 bits per heavy atom. The minimum absolute atomic E-state index is 0.258. The fourth-order valence-electron chi connectivity index (χ4n) is 4.27. The molecule has 0 spiro atoms. The van der Waals surface area contributed by atoms with E-state index in [0.29, 0.717) is 22.5 Å². The molecular formula is C28H26N6O2. The summed E-state index contributed by atoms with van der Waals surface area (Å²) in [7, 11) is 0. The van der Waals surface area contributed by atoms with Gasteiger partial charge in [0.2, 0.25) is 0 Å². The van der Waals surface area contributed by atoms with E-state index in [9.17, 15) is 9.59 Å². The van der Waals surface area contributed by atoms with Crippen LogP contribution in [0.25, 0.3) is 16.6 Å². The van der Waals surface area contributed by atoms with E-state index in [-0.39, 0.29) is 18.0 Å². The van der Waals surface area contributed by atoms with Crippen molar-refractivity contribution >= 4 is 28.2 Å². The first-order valence-corrected chi connectivity index (χ1v) is 11.6. The number of carbonyl (C=O) groups excluding carboxylic acids is 1. The highest BCUT2D eigenvalue weighted by atomic mass is 16.1. The van der Waals surface area contributed by atoms with Gasteiger partial charge in [-0.25, -0.2) is 9.36 Å². The van der Waals surface area contributed by atoms with Crippen LogP contribution < -0.4 is 16.6 Å². The Balaban J connectivity index is 1.42. The molecule has 0 atom stereocenters. The summed E-state index contributed by atoms with van der Waals surface area (Å²) >= 11 is 0. The van der Waals surface area contributed by atoms with Gasteiger partial charge in [-0.1, -0.05) is 42.0 Å². The lowest BCUT2D eigenvalue weighted by Crippen LogP contribution is -2.24. The molecule has 0 saturated heterocycles. The Kier molecular flexibility index (Phi) is 5.85. The minimum atomic E-state index is -0.260. The number of rotatable bonds is 5. The molecule has 8 nitrogen and oxygen atoms in total. The number of hydrogen-bond acceptors (Lipinski definition) is 5. The molecule has 0 unspecified atom stereocenters. The number of fused-ring (bicyclic) bond motifs is 1. The number of nitrogens with one attached hydrogen (secondary N) is 1. The number of aryl methyl sites for hydroxylation is 3. The largest absolute Gasteiger partial charge is 0.397 e. The van der Waals surface area contributed by atoms with E-state index in [4.69, 9.17) is 5.73 Å². The second kappa shape index (κ2) is 9.14. The van der Waals surface area contributed by atoms with Crippen LogP contribution in [0.1, 0.15) is 32.9 Å². The Morgan fingerprint density at radius 2 is 1.61 bits per heavy atom. The normalized spacial score (nSPS) is 11.1. The predicted octanol–water partition coefficient (Wildman–Crippen LogP) is 4.39. The summed E-state index contributed by atoms with van der Waals surface area (Å²) in [6.45, 7) is 6.12. The lowest BCUT2D eigenvalue weighted by Gasteiger charge is -2.09. The molecule has 5 rings (SSSR count). The molecule has 180 valence electrons. The van der Waals surface area contributed by atoms with Gasteiger partial charge < -0.3 is 11.1 Å². The number of nitrogens with two attached hydrogens (primary N) is 1. The summed E-state index contributed by atoms with van der Waals surface area (Å²) < 4.78 is 3.21. The number of nitrogens with zero attached hydrogens (tertiary/aromatic N) is 4. The first-order valence-electron chi connectivity index (χ1n) is 11.6. The number of para-hydroxylation sites is 2. The molecule has 0 bridgehead atoms. The van der Waals surface area contributed by atoms with E-state index in [2.05, 4.69) is 15.5 Å². The van der Waals surface area contributed by atoms with Crippen LogP contribution >= 0.6 is 0 Å². The van der Waals surface area contributed by atoms with Crippen LogP contribution in [0.2, 0.25) is 0 Å². The van der Waals surface area contributed by atoms with Gasteiger partial charge in [0, 0.05) is 5.56 Å². The monoisotopic (exact) mass is 478 g/mol. The number of anilines is 2. The molecule has 0 aliphatic heterocycles. The van der Waals surface area contributed by atoms with Crippen LogP contribution in [0.3, 0.4) is 0 Å². The maximum atomic E-state index is 13.3. The molecule has 0 radical (unpaired) electrons. The van der Waals surface area contributed by atoms with Gasteiger partial charge in [-0.2, -0.15) is 10.2 Å². The molecule has 2 aromatic heterocycles. The topological polar surface area (TPSA) is 108 Å². The SMILES string of the molecule is Cc1ccc(-n2nc3c(=O)n(Cc4ccc(C(=O)Nc5ccccc5N)cc4)nc(C)c3c2C)cc1. The maximum absolute atomic E-state index is 13.3. The van der Waals surface area contributed by atoms with Gasteiger partial charge in [-0.05, 0) is 62.7 Å². The zero-order chi connectivity index (χ0) is 25.4. The third kappa shape index (κ3) is 4.24. The summed E-state index contributed by atoms with van der Waals surface area (Å²) in [5.74, 6) is -0.260. The fraction of sp³-hybridized carbons (Fsp3) is 0.143. The molecule has 0 aliphatic rings. The zero-order valence-corrected chi connectivity index (χ0v) is 20.3. The molecular weight excluding hydrogens is 452 g/mol. The smallest absolute Gasteiger partial charge is 0.295 e. The van der Waals surface area contributed by atoms with Crippen molar-refractivity contribution in [3.8, 4) is 5.69 Å². The molecule has 0 fully saturated rings. The van der Waals surface area contributed by atoms with Gasteiger partial charge >= 0.3 is 0 Å². The Hall–Kier alpha value is -4.72. The summed E-state index contributed by atoms with van der Waals surface area (Å²) in [5.41, 5.74) is 12.1. The average molecular weight is 479 g/mol. The highest BCUT2D eigenvalue weighted by Gasteiger charge is 2.18. The third-order valence-electron chi connectivity index (χ3n) is 6.22. The standard InChI is InChI=1S/C28H26N6O2/c1-17-8-14-22(15-9-17)34-19(3)25-18(2)31-33(28(36)26(25)32-34)16-20-10-12-21(13-11-20)27(35)30-24-7-5-4-6-23(24)29/h4-15H,16,29H2,1-3H3,(H,30,35). The van der Waals surface area contributed by atoms with Crippen molar-refractivity contribution in [1.29, 1.82) is 0 Å². The van der Waals surface area contributed by atoms with E-state index < -0.39 is 0 Å². The van der Waals surface area contributed by atoms with Gasteiger partial charge in [-0.3, -0.25) is 9.59 Å². The lowest BCUT2D eigenvalue weighted by molar-refractivity contribution is 0.102. The van der Waals surface area contributed by atoms with Crippen LogP contribution in [0.5, 0.6) is 0 Å². The maximum Gasteiger partial charge on any atom is 0.295 e. The first-order chi connectivity index (χ1) is 17.3. The molecule has 0 aliphatic carbocycles. The van der Waals surface area contributed by atoms with Crippen LogP contribution in [-0.2, 0) is 6.54 Å². The van der Waals surface area contributed by atoms with Crippen molar-refractivity contribution in [2.45, 2.75) is 27.3 Å². The van der Waals surface area contributed by atoms with Crippen molar-refractivity contribution < 1.29 is 4.79 Å². The van der Waals surface area contributed by atoms with Crippen LogP contribution in [0.4, 0.5) is 11.4 Å². The van der Waals surface area contributed by atoms with Crippen molar-refractivity contribution in [3.05, 3.63) is 111 Å². The van der Waals surface area contributed by atoms with Gasteiger partial charge in [0.15, 0.2) is 5.52 Å². The van der Waals surface area contributed by atoms with E-state index in [1.807, 2.05) is 69.3 Å². The van der Waals surface area contributed by atoms with Crippen molar-refractivity contribution in [2.24, 2.45) is 0 Å². The van der Waals surface area contributed by atoms with Crippen molar-refractivity contribution in [2.75, 3.05) is 11.1 Å². The molecule has 5 aromatic rings. The fourth-order valence-corrected chi connectivity index (χ4v) is 4.27. The summed E-state index contributed by atoms with van der Waals surface area (Å²) in [6.07, 6.45) is 0. The number of nitrogen functional groups attached to an aromatic ring is 1. The van der Waals surface area contributed by atoms with Gasteiger partial charge in [0.1, 0.15) is 0 Å². The second-order valence-electron chi connectivity index (χ2n) is 8.84. The number of aromatic nitrogens is 4. The summed E-state index contributed by atoms with van der Waals surface area (Å²) in [6, 6.07) is 22.2. The molecule has 3 N–H and O–H groups in total. The van der Waals surface area contributed by atoms with Crippen molar-refractivity contribution in [1.82, 2.24) is 19.6 Å². The summed E-state index contributed by atoms with van der Waals surface area (Å²) in [4.78, 5) is 25.9. The molecule has 3 aromatic carbocycles. The summed E-state index contributed by atoms with van der Waals surface area (Å²) in [5, 5.41) is 12.8. The van der Waals surface area contributed by atoms with Gasteiger partial charge in [-0.15, -0.1) is 0 Å². The van der Waals surface area contributed by atoms with Gasteiger partial charge in [0.25, 0.3) is 11.5 Å². The van der Waals surface area contributed by atoms with Crippen molar-refractivity contribution in [3.63, 3.8) is 0 Å². The molecule has 2 heterocycles. The predicted molar refractivity (Wildman–Crippen MR) is 142 cm³/mol. The third-order valence-corrected chi connectivity index (χ3v) is 6.22. The first kappa shape index (κ1) is 23.0. The van der Waals surface area contributed by atoms with E-state index in [1.165, 1.54) is 4.68 Å². The zero-order valence-electron chi connectivity index (χ0n) is 20.3. The number of hydrogen-bond donors (Lipinski definition) is 2. The Morgan fingerprint density at radius 3 is 2.31 bits per heavy atom. The van der Waals surface area contributed by atoms with Crippen LogP contribution in [0.15, 0.2) is 77.6 Å². The minimum Gasteiger partial charge on any atom is -0.397 e. The average Bonchev–Trinajstić information content (AvgIpc) is 3.22. The highest BCUT2D eigenvalue weighted by molar-refractivity contribution is 6.05. The molecule has 36 heavy (non-hydrogen) atoms. The molecule has 1 amide bonds. The van der Waals surface area contributed by atoms with Crippen LogP contribution in [0, 0.1) is 20.8 Å². The molecule has 0 saturated carbocycles. The second-order valence-corrected chi connectivity index (χ2v) is 8.84. The van der Waals surface area contributed by atoms with E-state index in [1.54, 1.807) is 28.9 Å². The number of amides is 1. The Bertz CT molecular complexity index is 1650. The van der Waals surface area contributed by atoms with E-state index in [0.717, 1.165) is 33.6 Å². The highest BCUT2D eigenvalue weighted by Crippen LogP contribution is 2.22. The quantitative estimate of drug-likeness (QED) is 0.364. The lowest BCUT2D eigenvalue weighted by atomic mass is 10.1. The molecule has 8 heteroatoms. The van der Waals surface area contributed by atoms with Crippen LogP contribution in [-0.4, -0.2) is 25.5 Å². The van der Waals surface area contributed by atoms with Gasteiger partial charge in [0.05, 0.1) is 40.4 Å². The number of carbonyl (C=O) groups is 1. The Labute approximate surface area is 208 Å².